The molecule has 2 rings (SSSR count). The maximum Gasteiger partial charge on any atom is 0.135 e. The van der Waals surface area contributed by atoms with E-state index in [1.165, 1.54) is 12.1 Å². The van der Waals surface area contributed by atoms with Crippen LogP contribution in [0.5, 0.6) is 5.75 Å². The molecule has 1 aromatic rings. The van der Waals surface area contributed by atoms with Crippen LogP contribution in [-0.4, -0.2) is 31.0 Å². The summed E-state index contributed by atoms with van der Waals surface area (Å²) >= 11 is 0. The van der Waals surface area contributed by atoms with Gasteiger partial charge in [-0.25, -0.2) is 4.39 Å². The molecule has 0 radical (unpaired) electrons. The summed E-state index contributed by atoms with van der Waals surface area (Å²) in [6.45, 7) is 1.32. The molecule has 0 amide bonds. The van der Waals surface area contributed by atoms with Gasteiger partial charge in [-0.1, -0.05) is 11.8 Å². The Morgan fingerprint density at radius 3 is 3.11 bits per heavy atom. The van der Waals surface area contributed by atoms with Gasteiger partial charge in [0.2, 0.25) is 0 Å². The van der Waals surface area contributed by atoms with Gasteiger partial charge in [-0.05, 0) is 31.0 Å². The Kier molecular flexibility index (Phi) is 5.20. The first-order valence-corrected chi connectivity index (χ1v) is 6.43. The lowest BCUT2D eigenvalue weighted by Gasteiger charge is -2.23. The Morgan fingerprint density at radius 2 is 2.37 bits per heavy atom. The molecule has 0 spiro atoms. The summed E-state index contributed by atoms with van der Waals surface area (Å²) in [7, 11) is 0. The van der Waals surface area contributed by atoms with E-state index >= 15 is 0 Å². The van der Waals surface area contributed by atoms with E-state index in [4.69, 9.17) is 14.6 Å². The first kappa shape index (κ1) is 13.9. The second-order valence-electron chi connectivity index (χ2n) is 4.37. The van der Waals surface area contributed by atoms with Gasteiger partial charge < -0.3 is 14.6 Å². The molecule has 1 atom stereocenters. The summed E-state index contributed by atoms with van der Waals surface area (Å²) in [5.41, 5.74) is 0.513. The molecule has 4 heteroatoms. The molecule has 1 aliphatic heterocycles. The highest BCUT2D eigenvalue weighted by molar-refractivity contribution is 5.46. The van der Waals surface area contributed by atoms with Crippen LogP contribution in [0.3, 0.4) is 0 Å². The van der Waals surface area contributed by atoms with Gasteiger partial charge in [-0.15, -0.1) is 0 Å². The van der Waals surface area contributed by atoms with Crippen molar-refractivity contribution in [3.05, 3.63) is 29.6 Å². The summed E-state index contributed by atoms with van der Waals surface area (Å²) in [6, 6.07) is 4.30. The first-order chi connectivity index (χ1) is 9.29. The van der Waals surface area contributed by atoms with Crippen molar-refractivity contribution in [2.24, 2.45) is 0 Å². The van der Waals surface area contributed by atoms with Gasteiger partial charge in [0.15, 0.2) is 0 Å². The van der Waals surface area contributed by atoms with Crippen LogP contribution >= 0.6 is 0 Å². The maximum atomic E-state index is 13.2. The number of ether oxygens (including phenoxy) is 2. The predicted octanol–water partition coefficient (Wildman–Crippen LogP) is 2.12. The number of hydrogen-bond acceptors (Lipinski definition) is 3. The minimum absolute atomic E-state index is 0.00222. The molecule has 3 nitrogen and oxygen atoms in total. The van der Waals surface area contributed by atoms with Gasteiger partial charge in [-0.3, -0.25) is 0 Å². The minimum Gasteiger partial charge on any atom is -0.487 e. The Bertz CT molecular complexity index is 470. The van der Waals surface area contributed by atoms with E-state index in [2.05, 4.69) is 11.8 Å². The summed E-state index contributed by atoms with van der Waals surface area (Å²) in [6.07, 6.45) is 2.26. The topological polar surface area (TPSA) is 38.7 Å². The van der Waals surface area contributed by atoms with Crippen molar-refractivity contribution in [3.8, 4) is 17.6 Å². The maximum absolute atomic E-state index is 13.2. The zero-order chi connectivity index (χ0) is 13.5. The molecule has 1 unspecified atom stereocenters. The predicted molar refractivity (Wildman–Crippen MR) is 69.4 cm³/mol. The fraction of sp³-hybridized carbons (Fsp3) is 0.467. The van der Waals surface area contributed by atoms with E-state index in [0.717, 1.165) is 19.4 Å². The van der Waals surface area contributed by atoms with Gasteiger partial charge in [0.25, 0.3) is 0 Å². The van der Waals surface area contributed by atoms with E-state index < -0.39 is 0 Å². The fourth-order valence-corrected chi connectivity index (χ4v) is 1.90. The number of aliphatic hydroxyl groups is 1. The smallest absolute Gasteiger partial charge is 0.135 e. The largest absolute Gasteiger partial charge is 0.487 e. The molecule has 1 saturated heterocycles. The SMILES string of the molecule is OCCC#Cc1cc(F)ccc1OC1CCCOC1. The van der Waals surface area contributed by atoms with Crippen LogP contribution in [0.4, 0.5) is 4.39 Å². The first-order valence-electron chi connectivity index (χ1n) is 6.43. The molecule has 0 bridgehead atoms. The third-order valence-electron chi connectivity index (χ3n) is 2.81. The van der Waals surface area contributed by atoms with Gasteiger partial charge in [0, 0.05) is 13.0 Å². The standard InChI is InChI=1S/C15H17FO3/c16-13-6-7-15(12(10-13)4-1-2-8-17)19-14-5-3-9-18-11-14/h6-7,10,14,17H,2-3,5,8-9,11H2. The fourth-order valence-electron chi connectivity index (χ4n) is 1.90. The molecule has 102 valence electrons. The van der Waals surface area contributed by atoms with Crippen LogP contribution in [0.2, 0.25) is 0 Å². The van der Waals surface area contributed by atoms with E-state index in [-0.39, 0.29) is 18.5 Å². The number of benzene rings is 1. The molecule has 1 heterocycles. The highest BCUT2D eigenvalue weighted by atomic mass is 19.1. The molecule has 0 aromatic heterocycles. The molecule has 1 fully saturated rings. The van der Waals surface area contributed by atoms with Crippen molar-refractivity contribution in [3.63, 3.8) is 0 Å². The molecule has 1 aromatic carbocycles. The molecular formula is C15H17FO3. The Hall–Kier alpha value is -1.57. The van der Waals surface area contributed by atoms with Gasteiger partial charge in [0.05, 0.1) is 18.8 Å². The normalized spacial score (nSPS) is 18.5. The van der Waals surface area contributed by atoms with Crippen molar-refractivity contribution in [1.82, 2.24) is 0 Å². The Balaban J connectivity index is 2.12. The van der Waals surface area contributed by atoms with E-state index in [9.17, 15) is 4.39 Å². The van der Waals surface area contributed by atoms with Gasteiger partial charge in [-0.2, -0.15) is 0 Å². The number of rotatable bonds is 3. The highest BCUT2D eigenvalue weighted by Gasteiger charge is 2.16. The molecule has 1 N–H and O–H groups in total. The van der Waals surface area contributed by atoms with Crippen molar-refractivity contribution in [2.75, 3.05) is 19.8 Å². The van der Waals surface area contributed by atoms with Crippen LogP contribution < -0.4 is 4.74 Å². The van der Waals surface area contributed by atoms with E-state index in [1.807, 2.05) is 0 Å². The minimum atomic E-state index is -0.347. The zero-order valence-electron chi connectivity index (χ0n) is 10.7. The van der Waals surface area contributed by atoms with Crippen LogP contribution in [0.1, 0.15) is 24.8 Å². The number of halogens is 1. The van der Waals surface area contributed by atoms with Crippen molar-refractivity contribution in [1.29, 1.82) is 0 Å². The molecule has 0 aliphatic carbocycles. The monoisotopic (exact) mass is 264 g/mol. The number of aliphatic hydroxyl groups excluding tert-OH is 1. The lowest BCUT2D eigenvalue weighted by atomic mass is 10.1. The highest BCUT2D eigenvalue weighted by Crippen LogP contribution is 2.22. The third-order valence-corrected chi connectivity index (χ3v) is 2.81. The van der Waals surface area contributed by atoms with Crippen LogP contribution in [-0.2, 0) is 4.74 Å². The third kappa shape index (κ3) is 4.23. The average molecular weight is 264 g/mol. The summed E-state index contributed by atoms with van der Waals surface area (Å²) < 4.78 is 24.4. The molecular weight excluding hydrogens is 247 g/mol. The summed E-state index contributed by atoms with van der Waals surface area (Å²) in [5, 5.41) is 8.70. The summed E-state index contributed by atoms with van der Waals surface area (Å²) in [4.78, 5) is 0. The number of hydrogen-bond donors (Lipinski definition) is 1. The van der Waals surface area contributed by atoms with Crippen LogP contribution in [0, 0.1) is 17.7 Å². The lowest BCUT2D eigenvalue weighted by molar-refractivity contribution is 0.00729. The summed E-state index contributed by atoms with van der Waals surface area (Å²) in [5.74, 6) is 5.83. The quantitative estimate of drug-likeness (QED) is 0.850. The second kappa shape index (κ2) is 7.13. The Morgan fingerprint density at radius 1 is 1.47 bits per heavy atom. The van der Waals surface area contributed by atoms with Crippen LogP contribution in [0.25, 0.3) is 0 Å². The van der Waals surface area contributed by atoms with Crippen molar-refractivity contribution in [2.45, 2.75) is 25.4 Å². The van der Waals surface area contributed by atoms with E-state index in [0.29, 0.717) is 24.3 Å². The molecule has 0 saturated carbocycles. The van der Waals surface area contributed by atoms with Crippen molar-refractivity contribution >= 4 is 0 Å². The second-order valence-corrected chi connectivity index (χ2v) is 4.37. The molecule has 19 heavy (non-hydrogen) atoms. The molecule has 1 aliphatic rings. The average Bonchev–Trinajstić information content (AvgIpc) is 2.43. The lowest BCUT2D eigenvalue weighted by Crippen LogP contribution is -2.28. The van der Waals surface area contributed by atoms with Crippen molar-refractivity contribution < 1.29 is 19.0 Å². The zero-order valence-corrected chi connectivity index (χ0v) is 10.7. The van der Waals surface area contributed by atoms with Gasteiger partial charge in [0.1, 0.15) is 17.7 Å². The van der Waals surface area contributed by atoms with Gasteiger partial charge >= 0.3 is 0 Å². The van der Waals surface area contributed by atoms with E-state index in [1.54, 1.807) is 6.07 Å². The van der Waals surface area contributed by atoms with Crippen LogP contribution in [0.15, 0.2) is 18.2 Å². The Labute approximate surface area is 112 Å².